The third-order valence-corrected chi connectivity index (χ3v) is 4.95. The lowest BCUT2D eigenvalue weighted by Crippen LogP contribution is -2.37. The van der Waals surface area contributed by atoms with Gasteiger partial charge in [-0.05, 0) is 43.7 Å². The van der Waals surface area contributed by atoms with Crippen LogP contribution in [0.5, 0.6) is 0 Å². The van der Waals surface area contributed by atoms with Crippen molar-refractivity contribution in [2.75, 3.05) is 6.61 Å². The number of carbonyl (C=O) groups excluding carboxylic acids is 1. The van der Waals surface area contributed by atoms with Crippen molar-refractivity contribution in [3.63, 3.8) is 0 Å². The monoisotopic (exact) mass is 332 g/mol. The van der Waals surface area contributed by atoms with Gasteiger partial charge in [-0.15, -0.1) is 0 Å². The molecule has 2 heterocycles. The Morgan fingerprint density at radius 2 is 1.75 bits per heavy atom. The molecular weight excluding hydrogens is 300 g/mol. The second kappa shape index (κ2) is 10.4. The molecule has 0 aromatic carbocycles. The highest BCUT2D eigenvalue weighted by molar-refractivity contribution is 5.95. The van der Waals surface area contributed by atoms with E-state index in [1.807, 2.05) is 19.2 Å². The predicted molar refractivity (Wildman–Crippen MR) is 97.2 cm³/mol. The third kappa shape index (κ3) is 5.90. The number of aromatic nitrogens is 1. The van der Waals surface area contributed by atoms with E-state index in [0.717, 1.165) is 43.4 Å². The minimum absolute atomic E-state index is 0.0231. The minimum Gasteiger partial charge on any atom is -0.394 e. The Bertz CT molecular complexity index is 512. The first kappa shape index (κ1) is 18.9. The number of rotatable bonds is 4. The summed E-state index contributed by atoms with van der Waals surface area (Å²) in [5.74, 6) is -0.0904. The minimum atomic E-state index is -0.181. The van der Waals surface area contributed by atoms with E-state index < -0.39 is 0 Å². The van der Waals surface area contributed by atoms with Crippen LogP contribution in [-0.4, -0.2) is 28.6 Å². The second-order valence-corrected chi connectivity index (χ2v) is 6.93. The number of nitrogens with zero attached hydrogens (tertiary/aromatic N) is 1. The van der Waals surface area contributed by atoms with Crippen LogP contribution in [0.25, 0.3) is 0 Å². The number of aliphatic hydroxyl groups is 1. The molecule has 4 heteroatoms. The maximum atomic E-state index is 12.7. The summed E-state index contributed by atoms with van der Waals surface area (Å²) >= 11 is 0. The van der Waals surface area contributed by atoms with Gasteiger partial charge in [-0.1, -0.05) is 45.4 Å². The average molecular weight is 332 g/mol. The van der Waals surface area contributed by atoms with Crippen LogP contribution in [0, 0.1) is 0 Å². The number of aryl methyl sites for hydroxylation is 2. The third-order valence-electron chi connectivity index (χ3n) is 4.95. The zero-order valence-electron chi connectivity index (χ0n) is 15.0. The van der Waals surface area contributed by atoms with E-state index in [9.17, 15) is 9.90 Å². The second-order valence-electron chi connectivity index (χ2n) is 6.93. The molecule has 1 aliphatic carbocycles. The molecule has 0 saturated carbocycles. The molecule has 2 N–H and O–H groups in total. The molecule has 1 amide bonds. The van der Waals surface area contributed by atoms with Crippen LogP contribution < -0.4 is 5.32 Å². The molecular formula is C20H32N2O2. The Morgan fingerprint density at radius 1 is 1.12 bits per heavy atom. The van der Waals surface area contributed by atoms with Crippen molar-refractivity contribution in [1.82, 2.24) is 10.3 Å². The van der Waals surface area contributed by atoms with Crippen LogP contribution >= 0.6 is 0 Å². The first-order valence-electron chi connectivity index (χ1n) is 9.64. The molecule has 0 radical (unpaired) electrons. The number of hydrogen-bond acceptors (Lipinski definition) is 3. The molecule has 1 atom stereocenters. The number of aliphatic hydroxyl groups excluding tert-OH is 1. The Hall–Kier alpha value is -1.42. The van der Waals surface area contributed by atoms with Gasteiger partial charge < -0.3 is 10.4 Å². The maximum Gasteiger partial charge on any atom is 0.253 e. The fourth-order valence-corrected chi connectivity index (χ4v) is 3.29. The average Bonchev–Trinajstić information content (AvgIpc) is 2.61. The molecule has 0 unspecified atom stereocenters. The fourth-order valence-electron chi connectivity index (χ4n) is 3.29. The fraction of sp³-hybridized carbons (Fsp3) is 0.700. The first-order chi connectivity index (χ1) is 11.7. The highest BCUT2D eigenvalue weighted by Gasteiger charge is 2.17. The summed E-state index contributed by atoms with van der Waals surface area (Å²) in [5, 5.41) is 12.3. The molecule has 1 aromatic heterocycles. The van der Waals surface area contributed by atoms with E-state index in [1.54, 1.807) is 0 Å². The standard InChI is InChI=1S/C20H32N2O2/c1-2-17(15-23)22-20(24)18-13-16-11-9-7-5-3-4-6-8-10-12-19(18)21-14-16/h13-14,17,23H,2-12,15H2,1H3,(H,22,24)/t17-/m0/s1. The maximum absolute atomic E-state index is 12.7. The summed E-state index contributed by atoms with van der Waals surface area (Å²) in [7, 11) is 0. The van der Waals surface area contributed by atoms with Gasteiger partial charge >= 0.3 is 0 Å². The number of fused-ring (bicyclic) bond motifs is 11. The van der Waals surface area contributed by atoms with E-state index >= 15 is 0 Å². The lowest BCUT2D eigenvalue weighted by atomic mass is 9.99. The first-order valence-corrected chi connectivity index (χ1v) is 9.64. The van der Waals surface area contributed by atoms with Crippen LogP contribution in [0.1, 0.15) is 86.3 Å². The molecule has 24 heavy (non-hydrogen) atoms. The van der Waals surface area contributed by atoms with Gasteiger partial charge in [-0.3, -0.25) is 9.78 Å². The summed E-state index contributed by atoms with van der Waals surface area (Å²) in [4.78, 5) is 17.3. The van der Waals surface area contributed by atoms with E-state index in [1.165, 1.54) is 38.5 Å². The van der Waals surface area contributed by atoms with Crippen LogP contribution in [0.4, 0.5) is 0 Å². The van der Waals surface area contributed by atoms with Gasteiger partial charge in [0.25, 0.3) is 5.91 Å². The van der Waals surface area contributed by atoms with Gasteiger partial charge in [0.15, 0.2) is 0 Å². The van der Waals surface area contributed by atoms with Crippen molar-refractivity contribution in [2.45, 2.75) is 83.6 Å². The number of hydrogen-bond donors (Lipinski definition) is 2. The van der Waals surface area contributed by atoms with E-state index in [0.29, 0.717) is 5.56 Å². The van der Waals surface area contributed by atoms with Crippen molar-refractivity contribution < 1.29 is 9.90 Å². The molecule has 1 aliphatic heterocycles. The number of pyridine rings is 1. The highest BCUT2D eigenvalue weighted by atomic mass is 16.3. The van der Waals surface area contributed by atoms with Crippen LogP contribution in [0.15, 0.2) is 12.3 Å². The highest BCUT2D eigenvalue weighted by Crippen LogP contribution is 2.18. The van der Waals surface area contributed by atoms with Gasteiger partial charge in [-0.2, -0.15) is 0 Å². The summed E-state index contributed by atoms with van der Waals surface area (Å²) in [6.07, 6.45) is 14.5. The predicted octanol–water partition coefficient (Wildman–Crippen LogP) is 3.80. The zero-order valence-corrected chi connectivity index (χ0v) is 15.0. The van der Waals surface area contributed by atoms with Crippen molar-refractivity contribution in [1.29, 1.82) is 0 Å². The normalized spacial score (nSPS) is 17.9. The quantitative estimate of drug-likeness (QED) is 0.881. The Morgan fingerprint density at radius 3 is 2.38 bits per heavy atom. The Balaban J connectivity index is 2.16. The number of amides is 1. The lowest BCUT2D eigenvalue weighted by Gasteiger charge is -2.16. The molecule has 0 spiro atoms. The van der Waals surface area contributed by atoms with Gasteiger partial charge in [0, 0.05) is 6.20 Å². The Kier molecular flexibility index (Phi) is 8.23. The van der Waals surface area contributed by atoms with Gasteiger partial charge in [-0.25, -0.2) is 0 Å². The molecule has 2 aliphatic rings. The molecule has 0 fully saturated rings. The summed E-state index contributed by atoms with van der Waals surface area (Å²) in [5.41, 5.74) is 2.76. The SMILES string of the molecule is CC[C@@H](CO)NC(=O)c1cc2cnc1CCCCCCCCCC2. The van der Waals surface area contributed by atoms with Crippen molar-refractivity contribution in [2.24, 2.45) is 0 Å². The van der Waals surface area contributed by atoms with Gasteiger partial charge in [0.1, 0.15) is 0 Å². The summed E-state index contributed by atoms with van der Waals surface area (Å²) in [6.45, 7) is 1.94. The molecule has 0 saturated heterocycles. The van der Waals surface area contributed by atoms with Crippen molar-refractivity contribution >= 4 is 5.91 Å². The van der Waals surface area contributed by atoms with Crippen LogP contribution in [0.3, 0.4) is 0 Å². The van der Waals surface area contributed by atoms with Gasteiger partial charge in [0.2, 0.25) is 0 Å². The van der Waals surface area contributed by atoms with E-state index in [2.05, 4.69) is 10.3 Å². The molecule has 3 rings (SSSR count). The van der Waals surface area contributed by atoms with Crippen molar-refractivity contribution in [3.05, 3.63) is 29.1 Å². The van der Waals surface area contributed by atoms with E-state index in [-0.39, 0.29) is 18.6 Å². The lowest BCUT2D eigenvalue weighted by molar-refractivity contribution is 0.0913. The molecule has 4 nitrogen and oxygen atoms in total. The smallest absolute Gasteiger partial charge is 0.253 e. The van der Waals surface area contributed by atoms with Crippen molar-refractivity contribution in [3.8, 4) is 0 Å². The van der Waals surface area contributed by atoms with Crippen LogP contribution in [-0.2, 0) is 12.8 Å². The Labute approximate surface area is 146 Å². The molecule has 2 bridgehead atoms. The number of carbonyl (C=O) groups is 1. The van der Waals surface area contributed by atoms with Gasteiger partial charge in [0.05, 0.1) is 23.9 Å². The molecule has 1 aromatic rings. The molecule has 134 valence electrons. The zero-order chi connectivity index (χ0) is 17.2. The summed E-state index contributed by atoms with van der Waals surface area (Å²) in [6, 6.07) is 1.84. The largest absolute Gasteiger partial charge is 0.394 e. The van der Waals surface area contributed by atoms with E-state index in [4.69, 9.17) is 0 Å². The topological polar surface area (TPSA) is 62.2 Å². The van der Waals surface area contributed by atoms with Crippen LogP contribution in [0.2, 0.25) is 0 Å². The summed E-state index contributed by atoms with van der Waals surface area (Å²) < 4.78 is 0. The number of nitrogens with one attached hydrogen (secondary N) is 1.